The lowest BCUT2D eigenvalue weighted by Crippen LogP contribution is -2.37. The number of hydrogen-bond donors (Lipinski definition) is 1. The first-order valence-electron chi connectivity index (χ1n) is 7.25. The molecule has 0 radical (unpaired) electrons. The first-order chi connectivity index (χ1) is 11.2. The lowest BCUT2D eigenvalue weighted by atomic mass is 10.0. The zero-order valence-electron chi connectivity index (χ0n) is 13.5. The molecule has 0 spiro atoms. The number of rotatable bonds is 5. The third-order valence-electron chi connectivity index (χ3n) is 3.19. The molecule has 1 aromatic heterocycles. The second-order valence-corrected chi connectivity index (χ2v) is 9.14. The maximum atomic E-state index is 13.5. The normalized spacial score (nSPS) is 14.4. The number of nitrogens with zero attached hydrogens (tertiary/aromatic N) is 2. The number of hydrogen-bond acceptors (Lipinski definition) is 3. The summed E-state index contributed by atoms with van der Waals surface area (Å²) < 4.78 is 42.5. The van der Waals surface area contributed by atoms with Crippen LogP contribution in [0.4, 0.5) is 8.78 Å². The monoisotopic (exact) mass is 417 g/mol. The van der Waals surface area contributed by atoms with Gasteiger partial charge in [-0.1, -0.05) is 0 Å². The van der Waals surface area contributed by atoms with E-state index in [2.05, 4.69) is 30.6 Å². The summed E-state index contributed by atoms with van der Waals surface area (Å²) in [6.07, 6.45) is 3.18. The average Bonchev–Trinajstić information content (AvgIpc) is 2.45. The molecule has 0 aliphatic carbocycles. The van der Waals surface area contributed by atoms with Crippen LogP contribution in [0, 0.1) is 11.6 Å². The fourth-order valence-electron chi connectivity index (χ4n) is 2.04. The van der Waals surface area contributed by atoms with Crippen LogP contribution in [0.15, 0.2) is 35.2 Å². The van der Waals surface area contributed by atoms with Crippen molar-refractivity contribution in [2.45, 2.75) is 38.0 Å². The SMILES string of the molecule is CC(C)(C)S(=O)N[C@@H](Cc1cc(F)cc(F)c1)c1ncncc1Br. The van der Waals surface area contributed by atoms with E-state index < -0.39 is 33.4 Å². The molecule has 2 aromatic rings. The van der Waals surface area contributed by atoms with Crippen LogP contribution in [0.5, 0.6) is 0 Å². The van der Waals surface area contributed by atoms with Gasteiger partial charge in [-0.2, -0.15) is 0 Å². The third-order valence-corrected chi connectivity index (χ3v) is 5.42. The second kappa shape index (κ2) is 7.76. The van der Waals surface area contributed by atoms with Crippen molar-refractivity contribution in [3.63, 3.8) is 0 Å². The van der Waals surface area contributed by atoms with E-state index in [1.54, 1.807) is 6.20 Å². The molecule has 0 saturated heterocycles. The Morgan fingerprint density at radius 3 is 2.42 bits per heavy atom. The number of nitrogens with one attached hydrogen (secondary N) is 1. The Hall–Kier alpha value is -1.25. The van der Waals surface area contributed by atoms with E-state index in [4.69, 9.17) is 0 Å². The van der Waals surface area contributed by atoms with Crippen molar-refractivity contribution in [3.8, 4) is 0 Å². The quantitative estimate of drug-likeness (QED) is 0.803. The van der Waals surface area contributed by atoms with E-state index in [9.17, 15) is 13.0 Å². The molecule has 0 saturated carbocycles. The molecule has 1 aromatic carbocycles. The molecule has 130 valence electrons. The molecule has 0 amide bonds. The van der Waals surface area contributed by atoms with Gasteiger partial charge in [0.1, 0.15) is 18.0 Å². The zero-order valence-corrected chi connectivity index (χ0v) is 15.9. The maximum absolute atomic E-state index is 13.5. The van der Waals surface area contributed by atoms with Crippen molar-refractivity contribution in [2.75, 3.05) is 0 Å². The summed E-state index contributed by atoms with van der Waals surface area (Å²) in [7, 11) is -1.38. The molecule has 1 unspecified atom stereocenters. The van der Waals surface area contributed by atoms with E-state index >= 15 is 0 Å². The van der Waals surface area contributed by atoms with Gasteiger partial charge in [0, 0.05) is 12.3 Å². The van der Waals surface area contributed by atoms with Gasteiger partial charge in [0.15, 0.2) is 0 Å². The molecule has 4 nitrogen and oxygen atoms in total. The predicted molar refractivity (Wildman–Crippen MR) is 93.6 cm³/mol. The Balaban J connectivity index is 2.35. The summed E-state index contributed by atoms with van der Waals surface area (Å²) in [6.45, 7) is 5.51. The largest absolute Gasteiger partial charge is 0.244 e. The fourth-order valence-corrected chi connectivity index (χ4v) is 3.35. The van der Waals surface area contributed by atoms with Crippen LogP contribution in [0.2, 0.25) is 0 Å². The molecular formula is C16H18BrF2N3OS. The molecule has 2 rings (SSSR count). The van der Waals surface area contributed by atoms with Gasteiger partial charge in [-0.05, 0) is 60.8 Å². The van der Waals surface area contributed by atoms with Gasteiger partial charge in [-0.15, -0.1) is 0 Å². The Morgan fingerprint density at radius 1 is 1.25 bits per heavy atom. The van der Waals surface area contributed by atoms with E-state index in [-0.39, 0.29) is 6.42 Å². The van der Waals surface area contributed by atoms with Gasteiger partial charge >= 0.3 is 0 Å². The van der Waals surface area contributed by atoms with Crippen LogP contribution in [0.3, 0.4) is 0 Å². The molecule has 24 heavy (non-hydrogen) atoms. The van der Waals surface area contributed by atoms with Crippen LogP contribution >= 0.6 is 15.9 Å². The van der Waals surface area contributed by atoms with Gasteiger partial charge < -0.3 is 0 Å². The smallest absolute Gasteiger partial charge is 0.126 e. The Bertz CT molecular complexity index is 732. The van der Waals surface area contributed by atoms with Gasteiger partial charge in [0.25, 0.3) is 0 Å². The standard InChI is InChI=1S/C16H18BrF2N3OS/c1-16(2,3)24(23)22-14(15-13(17)8-20-9-21-15)6-10-4-11(18)7-12(19)5-10/h4-5,7-9,14,22H,6H2,1-3H3/t14-,24?/m0/s1. The highest BCUT2D eigenvalue weighted by Gasteiger charge is 2.26. The average molecular weight is 418 g/mol. The molecule has 0 bridgehead atoms. The first-order valence-corrected chi connectivity index (χ1v) is 9.19. The molecule has 2 atom stereocenters. The van der Waals surface area contributed by atoms with Crippen LogP contribution in [-0.2, 0) is 17.4 Å². The minimum absolute atomic E-state index is 0.228. The van der Waals surface area contributed by atoms with E-state index in [0.29, 0.717) is 15.7 Å². The van der Waals surface area contributed by atoms with E-state index in [0.717, 1.165) is 6.07 Å². The predicted octanol–water partition coefficient (Wildman–Crippen LogP) is 3.85. The highest BCUT2D eigenvalue weighted by Crippen LogP contribution is 2.26. The Labute approximate surface area is 150 Å². The van der Waals surface area contributed by atoms with Crippen molar-refractivity contribution in [2.24, 2.45) is 0 Å². The van der Waals surface area contributed by atoms with Crippen molar-refractivity contribution in [1.82, 2.24) is 14.7 Å². The van der Waals surface area contributed by atoms with Crippen molar-refractivity contribution in [3.05, 3.63) is 58.1 Å². The second-order valence-electron chi connectivity index (χ2n) is 6.29. The topological polar surface area (TPSA) is 54.9 Å². The summed E-state index contributed by atoms with van der Waals surface area (Å²) in [5.74, 6) is -1.30. The minimum Gasteiger partial charge on any atom is -0.244 e. The van der Waals surface area contributed by atoms with Crippen molar-refractivity contribution >= 4 is 26.9 Å². The Kier molecular flexibility index (Phi) is 6.17. The molecule has 8 heteroatoms. The summed E-state index contributed by atoms with van der Waals surface area (Å²) in [4.78, 5) is 8.12. The molecular weight excluding hydrogens is 400 g/mol. The molecule has 1 heterocycles. The van der Waals surface area contributed by atoms with E-state index in [1.165, 1.54) is 18.5 Å². The lowest BCUT2D eigenvalue weighted by Gasteiger charge is -2.24. The highest BCUT2D eigenvalue weighted by atomic mass is 79.9. The van der Waals surface area contributed by atoms with Gasteiger partial charge in [-0.25, -0.2) is 27.7 Å². The van der Waals surface area contributed by atoms with Crippen LogP contribution in [0.1, 0.15) is 38.1 Å². The third kappa shape index (κ3) is 5.12. The fraction of sp³-hybridized carbons (Fsp3) is 0.375. The Morgan fingerprint density at radius 2 is 1.88 bits per heavy atom. The lowest BCUT2D eigenvalue weighted by molar-refractivity contribution is 0.564. The van der Waals surface area contributed by atoms with Crippen molar-refractivity contribution < 1.29 is 13.0 Å². The molecule has 0 fully saturated rings. The van der Waals surface area contributed by atoms with Crippen LogP contribution < -0.4 is 4.72 Å². The van der Waals surface area contributed by atoms with Crippen molar-refractivity contribution in [1.29, 1.82) is 0 Å². The van der Waals surface area contributed by atoms with Gasteiger partial charge in [-0.3, -0.25) is 0 Å². The number of aromatic nitrogens is 2. The summed E-state index contributed by atoms with van der Waals surface area (Å²) in [6, 6.07) is 2.84. The van der Waals surface area contributed by atoms with Crippen LogP contribution in [-0.4, -0.2) is 18.9 Å². The number of halogens is 3. The zero-order chi connectivity index (χ0) is 17.9. The molecule has 0 aliphatic rings. The first kappa shape index (κ1) is 19.1. The van der Waals surface area contributed by atoms with Crippen LogP contribution in [0.25, 0.3) is 0 Å². The summed E-state index contributed by atoms with van der Waals surface area (Å²) >= 11 is 3.37. The van der Waals surface area contributed by atoms with Gasteiger partial charge in [0.2, 0.25) is 0 Å². The summed E-state index contributed by atoms with van der Waals surface area (Å²) in [5.41, 5.74) is 1.02. The van der Waals surface area contributed by atoms with E-state index in [1.807, 2.05) is 20.8 Å². The molecule has 1 N–H and O–H groups in total. The maximum Gasteiger partial charge on any atom is 0.126 e. The van der Waals surface area contributed by atoms with Gasteiger partial charge in [0.05, 0.1) is 31.9 Å². The number of benzene rings is 1. The minimum atomic E-state index is -1.38. The summed E-state index contributed by atoms with van der Waals surface area (Å²) in [5, 5.41) is 0. The molecule has 0 aliphatic heterocycles. The highest BCUT2D eigenvalue weighted by molar-refractivity contribution is 9.10.